The van der Waals surface area contributed by atoms with Crippen molar-refractivity contribution in [1.29, 1.82) is 0 Å². The number of hydrogen-bond donors (Lipinski definition) is 1. The molecular weight excluding hydrogens is 358 g/mol. The van der Waals surface area contributed by atoms with E-state index in [9.17, 15) is 9.59 Å². The molecule has 0 saturated carbocycles. The first-order chi connectivity index (χ1) is 13.6. The average Bonchev–Trinajstić information content (AvgIpc) is 2.74. The third-order valence-electron chi connectivity index (χ3n) is 4.13. The van der Waals surface area contributed by atoms with Crippen molar-refractivity contribution in [2.24, 2.45) is 0 Å². The van der Waals surface area contributed by atoms with Gasteiger partial charge in [0.1, 0.15) is 12.7 Å². The van der Waals surface area contributed by atoms with Gasteiger partial charge in [-0.15, -0.1) is 0 Å². The van der Waals surface area contributed by atoms with Gasteiger partial charge in [0.15, 0.2) is 0 Å². The zero-order valence-corrected chi connectivity index (χ0v) is 15.9. The summed E-state index contributed by atoms with van der Waals surface area (Å²) in [6.45, 7) is 3.85. The minimum atomic E-state index is -0.839. The van der Waals surface area contributed by atoms with Crippen LogP contribution in [-0.4, -0.2) is 31.5 Å². The highest BCUT2D eigenvalue weighted by molar-refractivity contribution is 5.68. The van der Waals surface area contributed by atoms with E-state index >= 15 is 0 Å². The zero-order valence-electron chi connectivity index (χ0n) is 15.9. The smallest absolute Gasteiger partial charge is 0.445 e. The van der Waals surface area contributed by atoms with E-state index in [1.165, 1.54) is 13.2 Å². The fourth-order valence-electron chi connectivity index (χ4n) is 2.66. The van der Waals surface area contributed by atoms with Crippen LogP contribution in [0.5, 0.6) is 0 Å². The van der Waals surface area contributed by atoms with E-state index in [4.69, 9.17) is 9.47 Å². The molecule has 148 valence electrons. The summed E-state index contributed by atoms with van der Waals surface area (Å²) in [5.74, 6) is 0. The number of alkyl carbamates (subject to hydrolysis) is 1. The Bertz CT molecular complexity index is 748. The van der Waals surface area contributed by atoms with E-state index in [2.05, 4.69) is 16.6 Å². The van der Waals surface area contributed by atoms with E-state index < -0.39 is 24.4 Å². The highest BCUT2D eigenvalue weighted by Crippen LogP contribution is 2.12. The van der Waals surface area contributed by atoms with Gasteiger partial charge >= 0.3 is 12.2 Å². The first-order valence-corrected chi connectivity index (χ1v) is 9.00. The van der Waals surface area contributed by atoms with Crippen LogP contribution in [0.1, 0.15) is 17.5 Å². The fraction of sp³-hybridized carbons (Fsp3) is 0.273. The Hall–Kier alpha value is -3.28. The van der Waals surface area contributed by atoms with Crippen LogP contribution in [0.25, 0.3) is 0 Å². The van der Waals surface area contributed by atoms with Gasteiger partial charge in [0.05, 0.1) is 13.2 Å². The molecule has 0 saturated heterocycles. The summed E-state index contributed by atoms with van der Waals surface area (Å²) in [6.07, 6.45) is 0.485. The quantitative estimate of drug-likeness (QED) is 0.518. The average molecular weight is 383 g/mol. The maximum Gasteiger partial charge on any atom is 0.508 e. The molecule has 6 heteroatoms. The molecule has 0 aromatic heterocycles. The zero-order chi connectivity index (χ0) is 20.2. The van der Waals surface area contributed by atoms with Gasteiger partial charge < -0.3 is 19.5 Å². The van der Waals surface area contributed by atoms with E-state index in [1.54, 1.807) is 0 Å². The topological polar surface area (TPSA) is 73.9 Å². The van der Waals surface area contributed by atoms with Crippen LogP contribution < -0.4 is 5.32 Å². The van der Waals surface area contributed by atoms with Crippen LogP contribution in [0, 0.1) is 0 Å². The molecule has 0 radical (unpaired) electrons. The van der Waals surface area contributed by atoms with Crippen LogP contribution in [0.4, 0.5) is 9.59 Å². The fourth-order valence-corrected chi connectivity index (χ4v) is 2.66. The molecule has 0 aliphatic carbocycles. The SMILES string of the molecule is C=C[C@H](OC(=O)OC)[C@@H](CCc1ccccc1)NC(=O)OCc1ccccc1. The molecule has 6 nitrogen and oxygen atoms in total. The van der Waals surface area contributed by atoms with Crippen LogP contribution >= 0.6 is 0 Å². The molecule has 2 atom stereocenters. The van der Waals surface area contributed by atoms with Gasteiger partial charge in [0.25, 0.3) is 0 Å². The summed E-state index contributed by atoms with van der Waals surface area (Å²) in [6, 6.07) is 18.7. The standard InChI is InChI=1S/C22H25NO5/c1-3-20(28-22(25)26-2)19(15-14-17-10-6-4-7-11-17)23-21(24)27-16-18-12-8-5-9-13-18/h3-13,19-20H,1,14-16H2,2H3,(H,23,24)/t19-,20+/m1/s1. The molecule has 1 N–H and O–H groups in total. The highest BCUT2D eigenvalue weighted by Gasteiger charge is 2.25. The third kappa shape index (κ3) is 7.15. The summed E-state index contributed by atoms with van der Waals surface area (Å²) >= 11 is 0. The summed E-state index contributed by atoms with van der Waals surface area (Å²) < 4.78 is 15.0. The Morgan fingerprint density at radius 2 is 1.64 bits per heavy atom. The second kappa shape index (κ2) is 11.4. The predicted octanol–water partition coefficient (Wildman–Crippen LogP) is 4.25. The molecule has 0 heterocycles. The monoisotopic (exact) mass is 383 g/mol. The Labute approximate surface area is 165 Å². The molecule has 0 unspecified atom stereocenters. The number of ether oxygens (including phenoxy) is 3. The van der Waals surface area contributed by atoms with E-state index in [1.807, 2.05) is 60.7 Å². The summed E-state index contributed by atoms with van der Waals surface area (Å²) in [4.78, 5) is 23.8. The molecule has 1 amide bonds. The van der Waals surface area contributed by atoms with E-state index in [0.29, 0.717) is 12.8 Å². The second-order valence-corrected chi connectivity index (χ2v) is 6.11. The number of aryl methyl sites for hydroxylation is 1. The van der Waals surface area contributed by atoms with Crippen molar-refractivity contribution in [3.63, 3.8) is 0 Å². The second-order valence-electron chi connectivity index (χ2n) is 6.11. The third-order valence-corrected chi connectivity index (χ3v) is 4.13. The Kier molecular flexibility index (Phi) is 8.59. The predicted molar refractivity (Wildman–Crippen MR) is 106 cm³/mol. The van der Waals surface area contributed by atoms with Crippen LogP contribution in [0.3, 0.4) is 0 Å². The molecule has 2 aromatic rings. The van der Waals surface area contributed by atoms with Gasteiger partial charge in [0.2, 0.25) is 0 Å². The molecule has 2 aromatic carbocycles. The lowest BCUT2D eigenvalue weighted by Gasteiger charge is -2.25. The van der Waals surface area contributed by atoms with Crippen molar-refractivity contribution >= 4 is 12.2 Å². The Morgan fingerprint density at radius 3 is 2.21 bits per heavy atom. The van der Waals surface area contributed by atoms with E-state index in [0.717, 1.165) is 11.1 Å². The number of hydrogen-bond acceptors (Lipinski definition) is 5. The molecule has 0 bridgehead atoms. The Morgan fingerprint density at radius 1 is 1.04 bits per heavy atom. The minimum Gasteiger partial charge on any atom is -0.445 e. The Balaban J connectivity index is 1.99. The highest BCUT2D eigenvalue weighted by atomic mass is 16.7. The summed E-state index contributed by atoms with van der Waals surface area (Å²) in [5, 5.41) is 2.77. The number of carbonyl (C=O) groups is 2. The number of rotatable bonds is 9. The van der Waals surface area contributed by atoms with Gasteiger partial charge in [-0.1, -0.05) is 67.2 Å². The van der Waals surface area contributed by atoms with Gasteiger partial charge in [-0.2, -0.15) is 0 Å². The molecule has 0 fully saturated rings. The van der Waals surface area contributed by atoms with Crippen molar-refractivity contribution < 1.29 is 23.8 Å². The molecule has 0 aliphatic heterocycles. The largest absolute Gasteiger partial charge is 0.508 e. The first kappa shape index (κ1) is 21.0. The van der Waals surface area contributed by atoms with E-state index in [-0.39, 0.29) is 6.61 Å². The molecule has 0 aliphatic rings. The normalized spacial score (nSPS) is 12.3. The van der Waals surface area contributed by atoms with Gasteiger partial charge in [-0.05, 0) is 30.0 Å². The first-order valence-electron chi connectivity index (χ1n) is 9.00. The lowest BCUT2D eigenvalue weighted by atomic mass is 10.0. The number of methoxy groups -OCH3 is 1. The van der Waals surface area contributed by atoms with Crippen molar-refractivity contribution in [1.82, 2.24) is 5.32 Å². The minimum absolute atomic E-state index is 0.148. The van der Waals surface area contributed by atoms with Gasteiger partial charge in [-0.3, -0.25) is 0 Å². The van der Waals surface area contributed by atoms with Crippen LogP contribution in [0.2, 0.25) is 0 Å². The summed E-state index contributed by atoms with van der Waals surface area (Å²) in [5.41, 5.74) is 1.98. The molecule has 28 heavy (non-hydrogen) atoms. The molecular formula is C22H25NO5. The number of amides is 1. The van der Waals surface area contributed by atoms with Crippen molar-refractivity contribution in [2.45, 2.75) is 31.6 Å². The van der Waals surface area contributed by atoms with Crippen LogP contribution in [0.15, 0.2) is 73.3 Å². The van der Waals surface area contributed by atoms with Crippen LogP contribution in [-0.2, 0) is 27.2 Å². The molecule has 2 rings (SSSR count). The van der Waals surface area contributed by atoms with Crippen molar-refractivity contribution in [3.8, 4) is 0 Å². The molecule has 0 spiro atoms. The summed E-state index contributed by atoms with van der Waals surface area (Å²) in [7, 11) is 1.23. The number of carbonyl (C=O) groups excluding carboxylic acids is 2. The lowest BCUT2D eigenvalue weighted by molar-refractivity contribution is 0.0370. The van der Waals surface area contributed by atoms with Crippen molar-refractivity contribution in [3.05, 3.63) is 84.4 Å². The van der Waals surface area contributed by atoms with Gasteiger partial charge in [0, 0.05) is 0 Å². The van der Waals surface area contributed by atoms with Crippen molar-refractivity contribution in [2.75, 3.05) is 7.11 Å². The number of nitrogens with one attached hydrogen (secondary N) is 1. The van der Waals surface area contributed by atoms with Gasteiger partial charge in [-0.25, -0.2) is 9.59 Å². The maximum atomic E-state index is 12.3. The maximum absolute atomic E-state index is 12.3. The number of benzene rings is 2. The lowest BCUT2D eigenvalue weighted by Crippen LogP contribution is -2.45.